The highest BCUT2D eigenvalue weighted by Crippen LogP contribution is 2.41. The van der Waals surface area contributed by atoms with Gasteiger partial charge in [0, 0.05) is 106 Å². The molecule has 0 atom stereocenters. The van der Waals surface area contributed by atoms with Gasteiger partial charge in [0.15, 0.2) is 0 Å². The maximum Gasteiger partial charge on any atom is 0.0463 e. The van der Waals surface area contributed by atoms with Crippen LogP contribution in [0.1, 0.15) is 16.7 Å². The number of para-hydroxylation sites is 3. The molecule has 0 unspecified atom stereocenters. The molecule has 488 valence electrons. The van der Waals surface area contributed by atoms with Gasteiger partial charge in [0.05, 0.1) is 0 Å². The van der Waals surface area contributed by atoms with E-state index in [0.29, 0.717) is 0 Å². The SMILES string of the molecule is Cc1ccc(N(c2ccccc2)c2ccc(N(C)c3ccc(-c4ccccc4)cc3)cc2)cc1.Cc1ccc(N(c2ccccc2)c2ccc(N(C)c3ccc4ccccc4c3)cc2)cc1.Cc1ccc(N(c2ccccc2)c2ccc(N(C)c3cccc(-c4ccccc4)c3)cc2)cc1. The molecule has 0 aliphatic carbocycles. The third kappa shape index (κ3) is 15.9. The first-order chi connectivity index (χ1) is 49.1. The van der Waals surface area contributed by atoms with Crippen LogP contribution in [0.3, 0.4) is 0 Å². The van der Waals surface area contributed by atoms with E-state index in [1.54, 1.807) is 0 Å². The topological polar surface area (TPSA) is 19.4 Å². The molecule has 15 aromatic rings. The van der Waals surface area contributed by atoms with Crippen LogP contribution in [0.2, 0.25) is 0 Å². The van der Waals surface area contributed by atoms with Gasteiger partial charge in [-0.3, -0.25) is 0 Å². The molecule has 0 aliphatic heterocycles. The van der Waals surface area contributed by atoms with Crippen molar-refractivity contribution in [3.8, 4) is 22.3 Å². The number of benzene rings is 15. The number of rotatable bonds is 17. The molecule has 100 heavy (non-hydrogen) atoms. The Hall–Kier alpha value is -12.6. The highest BCUT2D eigenvalue weighted by molar-refractivity contribution is 5.88. The predicted octanol–water partition coefficient (Wildman–Crippen LogP) is 26.2. The smallest absolute Gasteiger partial charge is 0.0463 e. The van der Waals surface area contributed by atoms with E-state index in [-0.39, 0.29) is 0 Å². The zero-order valence-corrected chi connectivity index (χ0v) is 57.6. The Bertz CT molecular complexity index is 5020. The molecule has 0 fully saturated rings. The summed E-state index contributed by atoms with van der Waals surface area (Å²) in [6.07, 6.45) is 0. The highest BCUT2D eigenvalue weighted by atomic mass is 15.2. The van der Waals surface area contributed by atoms with Crippen LogP contribution >= 0.6 is 0 Å². The summed E-state index contributed by atoms with van der Waals surface area (Å²) in [5.74, 6) is 0. The largest absolute Gasteiger partial charge is 0.345 e. The summed E-state index contributed by atoms with van der Waals surface area (Å²) in [4.78, 5) is 13.6. The Kier molecular flexibility index (Phi) is 20.8. The maximum atomic E-state index is 2.29. The standard InChI is InChI=1S/2C32H28N2.C30H26N2/c1-25-16-18-30(19-17-25)34(29-13-7-4-8-14-29)31-22-20-28(21-23-31)33(2)32-15-9-12-27(24-32)26-10-5-3-6-11-26;1-25-13-17-31(18-14-25)34(30-11-7-4-8-12-30)32-23-21-29(22-24-32)33(2)28-19-15-27(16-20-28)26-9-5-3-6-10-26;1-23-12-15-28(16-13-23)32(27-10-4-3-5-11-27)29-20-18-26(19-21-29)31(2)30-17-14-24-8-6-7-9-25(24)22-30/h2*3-24H,1-2H3;3-22H,1-2H3. The van der Waals surface area contributed by atoms with Gasteiger partial charge in [-0.25, -0.2) is 0 Å². The van der Waals surface area contributed by atoms with Crippen molar-refractivity contribution in [3.05, 3.63) is 405 Å². The van der Waals surface area contributed by atoms with Gasteiger partial charge in [0.25, 0.3) is 0 Å². The molecule has 0 bridgehead atoms. The molecule has 6 nitrogen and oxygen atoms in total. The summed E-state index contributed by atoms with van der Waals surface area (Å²) in [5, 5.41) is 2.51. The Morgan fingerprint density at radius 1 is 0.150 bits per heavy atom. The molecule has 0 spiro atoms. The Morgan fingerprint density at radius 3 is 0.730 bits per heavy atom. The molecule has 0 heterocycles. The Balaban J connectivity index is 0.000000134. The van der Waals surface area contributed by atoms with Crippen LogP contribution in [0, 0.1) is 20.8 Å². The molecule has 15 rings (SSSR count). The fourth-order valence-corrected chi connectivity index (χ4v) is 12.5. The molecule has 15 aromatic carbocycles. The Morgan fingerprint density at radius 2 is 0.370 bits per heavy atom. The van der Waals surface area contributed by atoms with Crippen molar-refractivity contribution in [2.24, 2.45) is 0 Å². The second-order valence-electron chi connectivity index (χ2n) is 25.1. The van der Waals surface area contributed by atoms with Gasteiger partial charge < -0.3 is 29.4 Å². The summed E-state index contributed by atoms with van der Waals surface area (Å²) in [7, 11) is 6.35. The maximum absolute atomic E-state index is 2.29. The molecule has 0 radical (unpaired) electrons. The van der Waals surface area contributed by atoms with Crippen molar-refractivity contribution in [1.82, 2.24) is 0 Å². The summed E-state index contributed by atoms with van der Waals surface area (Å²) in [6.45, 7) is 6.36. The molecular formula is C94H82N6. The third-order valence-corrected chi connectivity index (χ3v) is 18.2. The lowest BCUT2D eigenvalue weighted by Gasteiger charge is -2.27. The van der Waals surface area contributed by atoms with Gasteiger partial charge in [0.2, 0.25) is 0 Å². The number of anilines is 15. The van der Waals surface area contributed by atoms with Crippen molar-refractivity contribution < 1.29 is 0 Å². The van der Waals surface area contributed by atoms with Crippen LogP contribution in [-0.4, -0.2) is 21.1 Å². The first-order valence-electron chi connectivity index (χ1n) is 34.1. The van der Waals surface area contributed by atoms with Gasteiger partial charge in [-0.15, -0.1) is 0 Å². The molecule has 0 aromatic heterocycles. The summed E-state index contributed by atoms with van der Waals surface area (Å²) in [6, 6.07) is 137. The van der Waals surface area contributed by atoms with Crippen LogP contribution in [0.4, 0.5) is 85.3 Å². The minimum absolute atomic E-state index is 1.13. The van der Waals surface area contributed by atoms with E-state index in [1.165, 1.54) is 55.4 Å². The van der Waals surface area contributed by atoms with E-state index in [0.717, 1.165) is 79.6 Å². The molecule has 0 aliphatic rings. The molecule has 6 heteroatoms. The molecule has 0 N–H and O–H groups in total. The molecule has 0 saturated carbocycles. The number of nitrogens with zero attached hydrogens (tertiary/aromatic N) is 6. The Labute approximate surface area is 591 Å². The van der Waals surface area contributed by atoms with Crippen LogP contribution < -0.4 is 29.4 Å². The van der Waals surface area contributed by atoms with Crippen molar-refractivity contribution in [3.63, 3.8) is 0 Å². The minimum atomic E-state index is 1.13. The second-order valence-corrected chi connectivity index (χ2v) is 25.1. The fourth-order valence-electron chi connectivity index (χ4n) is 12.5. The van der Waals surface area contributed by atoms with Gasteiger partial charge >= 0.3 is 0 Å². The summed E-state index contributed by atoms with van der Waals surface area (Å²) >= 11 is 0. The van der Waals surface area contributed by atoms with Crippen molar-refractivity contribution in [2.45, 2.75) is 20.8 Å². The van der Waals surface area contributed by atoms with E-state index in [1.807, 2.05) is 6.07 Å². The molecule has 0 saturated heterocycles. The average Bonchev–Trinajstić information content (AvgIpc) is 0.819. The monoisotopic (exact) mass is 1290 g/mol. The first kappa shape index (κ1) is 66.0. The van der Waals surface area contributed by atoms with E-state index < -0.39 is 0 Å². The normalized spacial score (nSPS) is 10.7. The zero-order chi connectivity index (χ0) is 68.6. The van der Waals surface area contributed by atoms with E-state index in [2.05, 4.69) is 453 Å². The van der Waals surface area contributed by atoms with Crippen LogP contribution in [-0.2, 0) is 0 Å². The lowest BCUT2D eigenvalue weighted by atomic mass is 10.0. The van der Waals surface area contributed by atoms with Crippen molar-refractivity contribution >= 4 is 96.1 Å². The van der Waals surface area contributed by atoms with Gasteiger partial charge in [-0.05, 0) is 236 Å². The van der Waals surface area contributed by atoms with Crippen LogP contribution in [0.5, 0.6) is 0 Å². The van der Waals surface area contributed by atoms with E-state index in [4.69, 9.17) is 0 Å². The lowest BCUT2D eigenvalue weighted by Crippen LogP contribution is -2.12. The zero-order valence-electron chi connectivity index (χ0n) is 57.6. The predicted molar refractivity (Wildman–Crippen MR) is 429 cm³/mol. The highest BCUT2D eigenvalue weighted by Gasteiger charge is 2.18. The quantitative estimate of drug-likeness (QED) is 0.0899. The van der Waals surface area contributed by atoms with Gasteiger partial charge in [-0.2, -0.15) is 0 Å². The lowest BCUT2D eigenvalue weighted by molar-refractivity contribution is 1.20. The second kappa shape index (κ2) is 31.5. The van der Waals surface area contributed by atoms with Crippen LogP contribution in [0.25, 0.3) is 33.0 Å². The minimum Gasteiger partial charge on any atom is -0.345 e. The molecule has 0 amide bonds. The van der Waals surface area contributed by atoms with E-state index in [9.17, 15) is 0 Å². The van der Waals surface area contributed by atoms with Gasteiger partial charge in [0.1, 0.15) is 0 Å². The first-order valence-corrected chi connectivity index (χ1v) is 34.1. The summed E-state index contributed by atoms with van der Waals surface area (Å²) < 4.78 is 0. The summed E-state index contributed by atoms with van der Waals surface area (Å²) in [5.41, 5.74) is 25.9. The van der Waals surface area contributed by atoms with E-state index >= 15 is 0 Å². The number of hydrogen-bond acceptors (Lipinski definition) is 6. The molecular weight excluding hydrogens is 1210 g/mol. The average molecular weight is 1300 g/mol. The number of hydrogen-bond donors (Lipinski definition) is 0. The van der Waals surface area contributed by atoms with Crippen LogP contribution in [0.15, 0.2) is 388 Å². The third-order valence-electron chi connectivity index (χ3n) is 18.2. The van der Waals surface area contributed by atoms with Crippen molar-refractivity contribution in [2.75, 3.05) is 50.5 Å². The van der Waals surface area contributed by atoms with Crippen molar-refractivity contribution in [1.29, 1.82) is 0 Å². The number of fused-ring (bicyclic) bond motifs is 1. The van der Waals surface area contributed by atoms with Gasteiger partial charge in [-0.1, -0.05) is 223 Å². The fraction of sp³-hybridized carbons (Fsp3) is 0.0638. The number of aryl methyl sites for hydroxylation is 3.